The third-order valence-electron chi connectivity index (χ3n) is 5.01. The van der Waals surface area contributed by atoms with Gasteiger partial charge in [-0.3, -0.25) is 4.57 Å². The van der Waals surface area contributed by atoms with E-state index < -0.39 is 0 Å². The number of ether oxygens (including phenoxy) is 1. The van der Waals surface area contributed by atoms with Crippen molar-refractivity contribution in [2.75, 3.05) is 0 Å². The standard InChI is InChI=1S/C25H20N2O/c1-18-10-13-21(14-11-18)27-24-9-5-4-8-23(24)26-25(27)17-28-22-15-12-19-6-2-3-7-20(19)16-22/h2-16H,17H2,1H3. The molecule has 0 aliphatic rings. The third-order valence-corrected chi connectivity index (χ3v) is 5.01. The first-order chi connectivity index (χ1) is 13.8. The van der Waals surface area contributed by atoms with Gasteiger partial charge in [0.05, 0.1) is 11.0 Å². The SMILES string of the molecule is Cc1ccc(-n2c(COc3ccc4ccccc4c3)nc3ccccc32)cc1. The molecule has 0 unspecified atom stereocenters. The zero-order chi connectivity index (χ0) is 18.9. The summed E-state index contributed by atoms with van der Waals surface area (Å²) in [6.45, 7) is 2.50. The molecule has 0 bridgehead atoms. The second-order valence-electron chi connectivity index (χ2n) is 6.99. The summed E-state index contributed by atoms with van der Waals surface area (Å²) in [5.41, 5.74) is 4.39. The molecule has 3 heteroatoms. The van der Waals surface area contributed by atoms with Gasteiger partial charge in [0.25, 0.3) is 0 Å². The van der Waals surface area contributed by atoms with Crippen LogP contribution in [0.5, 0.6) is 5.75 Å². The second kappa shape index (κ2) is 6.86. The number of aryl methyl sites for hydroxylation is 1. The van der Waals surface area contributed by atoms with Gasteiger partial charge in [-0.05, 0) is 54.1 Å². The fourth-order valence-electron chi connectivity index (χ4n) is 3.56. The van der Waals surface area contributed by atoms with Gasteiger partial charge in [-0.2, -0.15) is 0 Å². The fraction of sp³-hybridized carbons (Fsp3) is 0.0800. The summed E-state index contributed by atoms with van der Waals surface area (Å²) in [5, 5.41) is 2.38. The molecule has 0 saturated heterocycles. The Labute approximate surface area is 163 Å². The molecule has 4 aromatic carbocycles. The number of aromatic nitrogens is 2. The molecule has 0 aliphatic carbocycles. The van der Waals surface area contributed by atoms with Gasteiger partial charge in [-0.15, -0.1) is 0 Å². The zero-order valence-electron chi connectivity index (χ0n) is 15.7. The molecular formula is C25H20N2O. The average Bonchev–Trinajstić information content (AvgIpc) is 3.11. The van der Waals surface area contributed by atoms with Crippen molar-refractivity contribution in [1.29, 1.82) is 0 Å². The third kappa shape index (κ3) is 3.01. The van der Waals surface area contributed by atoms with Crippen LogP contribution in [0.25, 0.3) is 27.5 Å². The van der Waals surface area contributed by atoms with Gasteiger partial charge in [-0.1, -0.05) is 60.2 Å². The first-order valence-electron chi connectivity index (χ1n) is 9.43. The predicted molar refractivity (Wildman–Crippen MR) is 114 cm³/mol. The van der Waals surface area contributed by atoms with Crippen LogP contribution in [0, 0.1) is 6.92 Å². The van der Waals surface area contributed by atoms with Crippen molar-refractivity contribution in [2.45, 2.75) is 13.5 Å². The summed E-state index contributed by atoms with van der Waals surface area (Å²) in [6.07, 6.45) is 0. The van der Waals surface area contributed by atoms with Crippen LogP contribution in [-0.4, -0.2) is 9.55 Å². The number of imidazole rings is 1. The van der Waals surface area contributed by atoms with Crippen molar-refractivity contribution >= 4 is 21.8 Å². The van der Waals surface area contributed by atoms with Gasteiger partial charge in [0.2, 0.25) is 0 Å². The van der Waals surface area contributed by atoms with Gasteiger partial charge >= 0.3 is 0 Å². The van der Waals surface area contributed by atoms with E-state index in [1.165, 1.54) is 16.3 Å². The van der Waals surface area contributed by atoms with Crippen LogP contribution in [0.15, 0.2) is 91.0 Å². The molecule has 5 rings (SSSR count). The van der Waals surface area contributed by atoms with Crippen molar-refractivity contribution in [2.24, 2.45) is 0 Å². The van der Waals surface area contributed by atoms with E-state index in [0.29, 0.717) is 6.61 Å². The second-order valence-corrected chi connectivity index (χ2v) is 6.99. The highest BCUT2D eigenvalue weighted by Crippen LogP contribution is 2.25. The van der Waals surface area contributed by atoms with Crippen molar-refractivity contribution in [3.8, 4) is 11.4 Å². The molecule has 0 N–H and O–H groups in total. The molecule has 5 aromatic rings. The van der Waals surface area contributed by atoms with Gasteiger partial charge in [0, 0.05) is 5.69 Å². The van der Waals surface area contributed by atoms with E-state index >= 15 is 0 Å². The maximum atomic E-state index is 6.13. The molecule has 0 spiro atoms. The minimum absolute atomic E-state index is 0.404. The molecule has 0 fully saturated rings. The fourth-order valence-corrected chi connectivity index (χ4v) is 3.56. The maximum absolute atomic E-state index is 6.13. The van der Waals surface area contributed by atoms with Crippen molar-refractivity contribution in [3.05, 3.63) is 102 Å². The van der Waals surface area contributed by atoms with Crippen LogP contribution in [0.3, 0.4) is 0 Å². The lowest BCUT2D eigenvalue weighted by Crippen LogP contribution is -2.05. The van der Waals surface area contributed by atoms with E-state index in [4.69, 9.17) is 9.72 Å². The van der Waals surface area contributed by atoms with E-state index in [0.717, 1.165) is 28.3 Å². The molecule has 28 heavy (non-hydrogen) atoms. The van der Waals surface area contributed by atoms with Crippen LogP contribution < -0.4 is 4.74 Å². The highest BCUT2D eigenvalue weighted by molar-refractivity contribution is 5.83. The predicted octanol–water partition coefficient (Wildman–Crippen LogP) is 6.07. The average molecular weight is 364 g/mol. The Kier molecular flexibility index (Phi) is 4.06. The zero-order valence-corrected chi connectivity index (χ0v) is 15.7. The minimum atomic E-state index is 0.404. The van der Waals surface area contributed by atoms with E-state index in [1.54, 1.807) is 0 Å². The van der Waals surface area contributed by atoms with E-state index in [-0.39, 0.29) is 0 Å². The molecule has 0 radical (unpaired) electrons. The lowest BCUT2D eigenvalue weighted by atomic mass is 10.1. The Hall–Kier alpha value is -3.59. The molecule has 1 aromatic heterocycles. The van der Waals surface area contributed by atoms with Crippen molar-refractivity contribution in [1.82, 2.24) is 9.55 Å². The highest BCUT2D eigenvalue weighted by Gasteiger charge is 2.13. The number of fused-ring (bicyclic) bond motifs is 2. The molecule has 0 amide bonds. The number of nitrogens with zero attached hydrogens (tertiary/aromatic N) is 2. The van der Waals surface area contributed by atoms with Gasteiger partial charge in [-0.25, -0.2) is 4.98 Å². The Balaban J connectivity index is 1.52. The Morgan fingerprint density at radius 2 is 1.54 bits per heavy atom. The Morgan fingerprint density at radius 3 is 2.39 bits per heavy atom. The summed E-state index contributed by atoms with van der Waals surface area (Å²) in [7, 11) is 0. The van der Waals surface area contributed by atoms with E-state index in [9.17, 15) is 0 Å². The first-order valence-corrected chi connectivity index (χ1v) is 9.43. The minimum Gasteiger partial charge on any atom is -0.486 e. The lowest BCUT2D eigenvalue weighted by molar-refractivity contribution is 0.295. The first kappa shape index (κ1) is 16.6. The van der Waals surface area contributed by atoms with Crippen molar-refractivity contribution in [3.63, 3.8) is 0 Å². The van der Waals surface area contributed by atoms with Crippen LogP contribution in [0.1, 0.15) is 11.4 Å². The smallest absolute Gasteiger partial charge is 0.152 e. The molecular weight excluding hydrogens is 344 g/mol. The summed E-state index contributed by atoms with van der Waals surface area (Å²) in [5.74, 6) is 1.74. The van der Waals surface area contributed by atoms with Crippen molar-refractivity contribution < 1.29 is 4.74 Å². The maximum Gasteiger partial charge on any atom is 0.152 e. The number of hydrogen-bond donors (Lipinski definition) is 0. The van der Waals surface area contributed by atoms with Crippen LogP contribution in [0.2, 0.25) is 0 Å². The normalized spacial score (nSPS) is 11.2. The van der Waals surface area contributed by atoms with Gasteiger partial charge < -0.3 is 4.74 Å². The van der Waals surface area contributed by atoms with E-state index in [2.05, 4.69) is 66.1 Å². The molecule has 0 atom stereocenters. The molecule has 0 saturated carbocycles. The van der Waals surface area contributed by atoms with Crippen LogP contribution in [-0.2, 0) is 6.61 Å². The molecule has 0 aliphatic heterocycles. The number of para-hydroxylation sites is 2. The quantitative estimate of drug-likeness (QED) is 0.387. The lowest BCUT2D eigenvalue weighted by Gasteiger charge is -2.11. The topological polar surface area (TPSA) is 27.1 Å². The number of benzene rings is 4. The van der Waals surface area contributed by atoms with E-state index in [1.807, 2.05) is 36.4 Å². The number of hydrogen-bond acceptors (Lipinski definition) is 2. The Bertz CT molecular complexity index is 1270. The highest BCUT2D eigenvalue weighted by atomic mass is 16.5. The summed E-state index contributed by atoms with van der Waals surface area (Å²) in [6, 6.07) is 31.2. The monoisotopic (exact) mass is 364 g/mol. The van der Waals surface area contributed by atoms with Gasteiger partial charge in [0.1, 0.15) is 12.4 Å². The molecule has 3 nitrogen and oxygen atoms in total. The summed E-state index contributed by atoms with van der Waals surface area (Å²) >= 11 is 0. The summed E-state index contributed by atoms with van der Waals surface area (Å²) in [4.78, 5) is 4.83. The Morgan fingerprint density at radius 1 is 0.786 bits per heavy atom. The van der Waals surface area contributed by atoms with Gasteiger partial charge in [0.15, 0.2) is 5.82 Å². The summed E-state index contributed by atoms with van der Waals surface area (Å²) < 4.78 is 8.31. The largest absolute Gasteiger partial charge is 0.486 e. The molecule has 136 valence electrons. The van der Waals surface area contributed by atoms with Crippen LogP contribution >= 0.6 is 0 Å². The van der Waals surface area contributed by atoms with Crippen LogP contribution in [0.4, 0.5) is 0 Å². The molecule has 1 heterocycles. The number of rotatable bonds is 4.